The summed E-state index contributed by atoms with van der Waals surface area (Å²) in [4.78, 5) is 23.6. The first kappa shape index (κ1) is 13.5. The first-order valence-corrected chi connectivity index (χ1v) is 7.22. The number of carbonyl (C=O) groups is 2. The number of carbonyl (C=O) groups excluding carboxylic acids is 2. The van der Waals surface area contributed by atoms with Crippen molar-refractivity contribution in [2.24, 2.45) is 0 Å². The van der Waals surface area contributed by atoms with Gasteiger partial charge in [-0.3, -0.25) is 9.59 Å². The lowest BCUT2D eigenvalue weighted by atomic mass is 9.84. The Morgan fingerprint density at radius 2 is 1.78 bits per heavy atom. The zero-order chi connectivity index (χ0) is 16.0. The van der Waals surface area contributed by atoms with Gasteiger partial charge in [0, 0.05) is 29.7 Å². The number of ketones is 2. The normalized spacial score (nSPS) is 16.4. The minimum atomic E-state index is -0.556. The molecule has 0 radical (unpaired) electrons. The molecule has 0 spiro atoms. The van der Waals surface area contributed by atoms with Crippen molar-refractivity contribution in [2.75, 3.05) is 0 Å². The van der Waals surface area contributed by atoms with Gasteiger partial charge >= 0.3 is 0 Å². The monoisotopic (exact) mass is 304 g/mol. The van der Waals surface area contributed by atoms with Crippen LogP contribution in [-0.2, 0) is 9.59 Å². The highest BCUT2D eigenvalue weighted by Gasteiger charge is 2.32. The second-order valence-corrected chi connectivity index (χ2v) is 5.47. The number of allylic oxidation sites excluding steroid dienone is 2. The van der Waals surface area contributed by atoms with Crippen molar-refractivity contribution >= 4 is 17.1 Å². The van der Waals surface area contributed by atoms with Crippen molar-refractivity contribution in [3.63, 3.8) is 0 Å². The van der Waals surface area contributed by atoms with Crippen molar-refractivity contribution in [1.82, 2.24) is 0 Å². The fraction of sp³-hybridized carbons (Fsp3) is 0.0526. The molecule has 4 rings (SSSR count). The zero-order valence-electron chi connectivity index (χ0n) is 12.1. The summed E-state index contributed by atoms with van der Waals surface area (Å²) in [7, 11) is 0. The maximum absolute atomic E-state index is 11.9. The Kier molecular flexibility index (Phi) is 2.91. The van der Waals surface area contributed by atoms with Gasteiger partial charge in [-0.25, -0.2) is 0 Å². The van der Waals surface area contributed by atoms with Crippen molar-refractivity contribution in [2.45, 2.75) is 6.42 Å². The van der Waals surface area contributed by atoms with E-state index in [1.165, 1.54) is 12.1 Å². The number of aromatic hydroxyl groups is 1. The van der Waals surface area contributed by atoms with Gasteiger partial charge in [0.2, 0.25) is 11.6 Å². The molecule has 4 heteroatoms. The average Bonchev–Trinajstić information content (AvgIpc) is 2.55. The van der Waals surface area contributed by atoms with E-state index in [1.807, 2.05) is 30.3 Å². The fourth-order valence-electron chi connectivity index (χ4n) is 2.94. The summed E-state index contributed by atoms with van der Waals surface area (Å²) in [5, 5.41) is 9.70. The van der Waals surface area contributed by atoms with E-state index in [9.17, 15) is 14.7 Å². The quantitative estimate of drug-likeness (QED) is 0.823. The van der Waals surface area contributed by atoms with Crippen molar-refractivity contribution in [1.29, 1.82) is 0 Å². The van der Waals surface area contributed by atoms with E-state index in [-0.39, 0.29) is 12.2 Å². The van der Waals surface area contributed by atoms with Crippen LogP contribution in [0.15, 0.2) is 65.9 Å². The fourth-order valence-corrected chi connectivity index (χ4v) is 2.94. The summed E-state index contributed by atoms with van der Waals surface area (Å²) in [5.41, 5.74) is 3.30. The molecule has 0 unspecified atom stereocenters. The summed E-state index contributed by atoms with van der Waals surface area (Å²) in [6.07, 6.45) is 1.26. The number of phenols is 1. The second-order valence-electron chi connectivity index (χ2n) is 5.47. The van der Waals surface area contributed by atoms with Crippen molar-refractivity contribution in [3.8, 4) is 11.5 Å². The first-order chi connectivity index (χ1) is 11.1. The van der Waals surface area contributed by atoms with Gasteiger partial charge < -0.3 is 9.84 Å². The van der Waals surface area contributed by atoms with E-state index in [1.54, 1.807) is 12.1 Å². The van der Waals surface area contributed by atoms with Gasteiger partial charge in [-0.15, -0.1) is 0 Å². The molecule has 1 aliphatic carbocycles. The molecule has 1 aliphatic heterocycles. The number of fused-ring (bicyclic) bond motifs is 2. The summed E-state index contributed by atoms with van der Waals surface area (Å²) >= 11 is 0. The van der Waals surface area contributed by atoms with Crippen LogP contribution in [0.4, 0.5) is 0 Å². The lowest BCUT2D eigenvalue weighted by Gasteiger charge is -2.27. The van der Waals surface area contributed by atoms with Crippen LogP contribution in [0.3, 0.4) is 0 Å². The molecule has 4 nitrogen and oxygen atoms in total. The van der Waals surface area contributed by atoms with E-state index < -0.39 is 11.6 Å². The Bertz CT molecular complexity index is 904. The van der Waals surface area contributed by atoms with E-state index in [2.05, 4.69) is 0 Å². The zero-order valence-corrected chi connectivity index (χ0v) is 12.1. The molecule has 0 saturated carbocycles. The van der Waals surface area contributed by atoms with E-state index in [4.69, 9.17) is 4.74 Å². The summed E-state index contributed by atoms with van der Waals surface area (Å²) < 4.78 is 5.76. The molecule has 0 amide bonds. The third kappa shape index (κ3) is 2.16. The molecular formula is C19H12O4. The van der Waals surface area contributed by atoms with Crippen LogP contribution in [-0.4, -0.2) is 16.7 Å². The van der Waals surface area contributed by atoms with Crippen LogP contribution in [0.5, 0.6) is 11.5 Å². The van der Waals surface area contributed by atoms with Crippen LogP contribution in [0.2, 0.25) is 0 Å². The molecule has 1 heterocycles. The van der Waals surface area contributed by atoms with E-state index in [0.29, 0.717) is 17.1 Å². The van der Waals surface area contributed by atoms with E-state index in [0.717, 1.165) is 16.7 Å². The molecule has 2 aliphatic rings. The number of hydrogen-bond acceptors (Lipinski definition) is 4. The van der Waals surface area contributed by atoms with Crippen LogP contribution in [0, 0.1) is 0 Å². The SMILES string of the molecule is O=C1C=C2Oc3cc(O)ccc3C(c3ccccc3)=C2CC1=O. The maximum atomic E-state index is 11.9. The molecule has 0 aromatic heterocycles. The van der Waals surface area contributed by atoms with Crippen LogP contribution in [0.1, 0.15) is 17.5 Å². The predicted octanol–water partition coefficient (Wildman–Crippen LogP) is 3.01. The molecule has 23 heavy (non-hydrogen) atoms. The van der Waals surface area contributed by atoms with Gasteiger partial charge in [0.1, 0.15) is 17.3 Å². The maximum Gasteiger partial charge on any atom is 0.225 e. The smallest absolute Gasteiger partial charge is 0.225 e. The second kappa shape index (κ2) is 4.95. The largest absolute Gasteiger partial charge is 0.508 e. The van der Waals surface area contributed by atoms with Gasteiger partial charge in [0.15, 0.2) is 0 Å². The number of Topliss-reactive ketones (excluding diaryl/α,β-unsaturated/α-hetero) is 1. The van der Waals surface area contributed by atoms with Crippen molar-refractivity contribution in [3.05, 3.63) is 77.1 Å². The highest BCUT2D eigenvalue weighted by molar-refractivity contribution is 6.43. The average molecular weight is 304 g/mol. The molecular weight excluding hydrogens is 292 g/mol. The van der Waals surface area contributed by atoms with Gasteiger partial charge in [-0.05, 0) is 23.3 Å². The lowest BCUT2D eigenvalue weighted by molar-refractivity contribution is -0.133. The van der Waals surface area contributed by atoms with Crippen LogP contribution >= 0.6 is 0 Å². The number of rotatable bonds is 1. The molecule has 112 valence electrons. The lowest BCUT2D eigenvalue weighted by Crippen LogP contribution is -2.23. The minimum Gasteiger partial charge on any atom is -0.508 e. The number of phenolic OH excluding ortho intramolecular Hbond substituents is 1. The Hall–Kier alpha value is -3.14. The standard InChI is InChI=1S/C19H12O4/c20-12-6-7-13-17(8-12)23-18-10-16(22)15(21)9-14(18)19(13)11-4-2-1-3-5-11/h1-8,10,20H,9H2. The number of hydrogen-bond donors (Lipinski definition) is 1. The highest BCUT2D eigenvalue weighted by atomic mass is 16.5. The number of ether oxygens (including phenoxy) is 1. The van der Waals surface area contributed by atoms with Crippen molar-refractivity contribution < 1.29 is 19.4 Å². The van der Waals surface area contributed by atoms with Crippen LogP contribution in [0.25, 0.3) is 5.57 Å². The highest BCUT2D eigenvalue weighted by Crippen LogP contribution is 2.44. The third-order valence-electron chi connectivity index (χ3n) is 3.99. The molecule has 2 aromatic carbocycles. The van der Waals surface area contributed by atoms with Gasteiger partial charge in [-0.1, -0.05) is 30.3 Å². The first-order valence-electron chi connectivity index (χ1n) is 7.22. The molecule has 2 aromatic rings. The Morgan fingerprint density at radius 3 is 2.57 bits per heavy atom. The van der Waals surface area contributed by atoms with Gasteiger partial charge in [0.25, 0.3) is 0 Å². The van der Waals surface area contributed by atoms with Gasteiger partial charge in [0.05, 0.1) is 0 Å². The molecule has 0 atom stereocenters. The van der Waals surface area contributed by atoms with Crippen LogP contribution < -0.4 is 4.74 Å². The Morgan fingerprint density at radius 1 is 1.00 bits per heavy atom. The summed E-state index contributed by atoms with van der Waals surface area (Å²) in [5.74, 6) is -0.0613. The Labute approximate surface area is 132 Å². The third-order valence-corrected chi connectivity index (χ3v) is 3.99. The van der Waals surface area contributed by atoms with Gasteiger partial charge in [-0.2, -0.15) is 0 Å². The summed E-state index contributed by atoms with van der Waals surface area (Å²) in [6.45, 7) is 0. The summed E-state index contributed by atoms with van der Waals surface area (Å²) in [6, 6.07) is 14.5. The van der Waals surface area contributed by atoms with E-state index >= 15 is 0 Å². The number of benzene rings is 2. The molecule has 0 bridgehead atoms. The Balaban J connectivity index is 2.03. The molecule has 0 saturated heterocycles. The molecule has 1 N–H and O–H groups in total. The predicted molar refractivity (Wildman–Crippen MR) is 83.9 cm³/mol. The molecule has 0 fully saturated rings. The minimum absolute atomic E-state index is 0.0230. The topological polar surface area (TPSA) is 63.6 Å².